The monoisotopic (exact) mass is 354 g/mol. The topological polar surface area (TPSA) is 50.4 Å². The van der Waals surface area contributed by atoms with Crippen LogP contribution in [0, 0.1) is 17.5 Å². The molecule has 4 nitrogen and oxygen atoms in total. The number of nitrogens with one attached hydrogen (secondary N) is 2. The highest BCUT2D eigenvalue weighted by molar-refractivity contribution is 7.80. The highest BCUT2D eigenvalue weighted by Crippen LogP contribution is 2.20. The number of anilines is 2. The fraction of sp³-hybridized carbons (Fsp3) is 0.125. The summed E-state index contributed by atoms with van der Waals surface area (Å²) in [7, 11) is 0. The maximum absolute atomic E-state index is 13.6. The summed E-state index contributed by atoms with van der Waals surface area (Å²) in [5.74, 6) is -4.68. The van der Waals surface area contributed by atoms with Gasteiger partial charge in [0.15, 0.2) is 22.6 Å². The third-order valence-corrected chi connectivity index (χ3v) is 3.14. The van der Waals surface area contributed by atoms with E-state index in [0.717, 1.165) is 12.1 Å². The highest BCUT2D eigenvalue weighted by atomic mass is 32.1. The van der Waals surface area contributed by atoms with Crippen LogP contribution < -0.4 is 10.6 Å². The molecule has 0 saturated carbocycles. The Morgan fingerprint density at radius 1 is 1.04 bits per heavy atom. The molecule has 0 radical (unpaired) electrons. The van der Waals surface area contributed by atoms with Gasteiger partial charge < -0.3 is 15.4 Å². The van der Waals surface area contributed by atoms with E-state index in [1.54, 1.807) is 19.1 Å². The molecule has 2 aromatic carbocycles. The van der Waals surface area contributed by atoms with Gasteiger partial charge in [-0.2, -0.15) is 0 Å². The van der Waals surface area contributed by atoms with Crippen LogP contribution in [0.25, 0.3) is 0 Å². The number of ether oxygens (including phenoxy) is 1. The van der Waals surface area contributed by atoms with Crippen molar-refractivity contribution in [2.45, 2.75) is 6.92 Å². The summed E-state index contributed by atoms with van der Waals surface area (Å²) in [6.45, 7) is 1.97. The number of carbonyl (C=O) groups excluding carboxylic acids is 1. The first kappa shape index (κ1) is 17.7. The van der Waals surface area contributed by atoms with E-state index >= 15 is 0 Å². The molecule has 0 fully saturated rings. The number of esters is 1. The lowest BCUT2D eigenvalue weighted by Gasteiger charge is -2.12. The zero-order valence-corrected chi connectivity index (χ0v) is 13.3. The molecular weight excluding hydrogens is 341 g/mol. The van der Waals surface area contributed by atoms with E-state index in [-0.39, 0.29) is 17.4 Å². The number of hydrogen-bond donors (Lipinski definition) is 2. The Morgan fingerprint density at radius 2 is 1.71 bits per heavy atom. The molecule has 0 amide bonds. The van der Waals surface area contributed by atoms with E-state index in [1.165, 1.54) is 12.1 Å². The summed E-state index contributed by atoms with van der Waals surface area (Å²) in [5.41, 5.74) is 0.589. The largest absolute Gasteiger partial charge is 0.462 e. The van der Waals surface area contributed by atoms with Gasteiger partial charge >= 0.3 is 5.97 Å². The maximum Gasteiger partial charge on any atom is 0.338 e. The molecule has 8 heteroatoms. The van der Waals surface area contributed by atoms with Crippen molar-refractivity contribution in [3.8, 4) is 0 Å². The van der Waals surface area contributed by atoms with Gasteiger partial charge in [-0.25, -0.2) is 18.0 Å². The summed E-state index contributed by atoms with van der Waals surface area (Å²) in [6.07, 6.45) is 0. The molecule has 0 aromatic heterocycles. The lowest BCUT2D eigenvalue weighted by atomic mass is 10.2. The van der Waals surface area contributed by atoms with Crippen molar-refractivity contribution >= 4 is 34.7 Å². The second kappa shape index (κ2) is 7.78. The summed E-state index contributed by atoms with van der Waals surface area (Å²) >= 11 is 4.98. The van der Waals surface area contributed by atoms with Gasteiger partial charge in [-0.15, -0.1) is 0 Å². The van der Waals surface area contributed by atoms with Gasteiger partial charge in [0.25, 0.3) is 0 Å². The Kier molecular flexibility index (Phi) is 5.75. The summed E-state index contributed by atoms with van der Waals surface area (Å²) in [5, 5.41) is 5.14. The quantitative estimate of drug-likeness (QED) is 0.492. The molecule has 2 rings (SSSR count). The minimum Gasteiger partial charge on any atom is -0.462 e. The molecule has 0 bridgehead atoms. The van der Waals surface area contributed by atoms with Gasteiger partial charge in [-0.1, -0.05) is 0 Å². The Bertz CT molecular complexity index is 767. The van der Waals surface area contributed by atoms with E-state index in [1.807, 2.05) is 0 Å². The normalized spacial score (nSPS) is 10.2. The van der Waals surface area contributed by atoms with Crippen LogP contribution in [0.1, 0.15) is 17.3 Å². The second-order valence-corrected chi connectivity index (χ2v) is 5.01. The Hall–Kier alpha value is -2.61. The number of benzene rings is 2. The molecule has 0 atom stereocenters. The number of rotatable bonds is 4. The molecule has 0 aliphatic heterocycles. The van der Waals surface area contributed by atoms with Gasteiger partial charge in [0.05, 0.1) is 17.9 Å². The van der Waals surface area contributed by atoms with Crippen molar-refractivity contribution < 1.29 is 22.7 Å². The average molecular weight is 354 g/mol. The molecule has 0 spiro atoms. The molecule has 0 heterocycles. The number of hydrogen-bond acceptors (Lipinski definition) is 3. The van der Waals surface area contributed by atoms with Crippen LogP contribution in [-0.4, -0.2) is 17.7 Å². The maximum atomic E-state index is 13.6. The predicted octanol–water partition coefficient (Wildman–Crippen LogP) is 4.09. The third kappa shape index (κ3) is 4.23. The van der Waals surface area contributed by atoms with E-state index < -0.39 is 23.4 Å². The number of halogens is 3. The first-order valence-electron chi connectivity index (χ1n) is 6.91. The average Bonchev–Trinajstić information content (AvgIpc) is 2.56. The van der Waals surface area contributed by atoms with Crippen LogP contribution >= 0.6 is 12.2 Å². The summed E-state index contributed by atoms with van der Waals surface area (Å²) in [6, 6.07) is 8.02. The Labute approximate surface area is 141 Å². The molecule has 2 aromatic rings. The van der Waals surface area contributed by atoms with Crippen LogP contribution in [0.2, 0.25) is 0 Å². The van der Waals surface area contributed by atoms with Crippen molar-refractivity contribution in [3.05, 3.63) is 59.4 Å². The van der Waals surface area contributed by atoms with E-state index in [0.29, 0.717) is 11.3 Å². The SMILES string of the molecule is CCOC(=O)c1ccc(NC(=S)Nc2ccc(F)c(F)c2F)cc1. The summed E-state index contributed by atoms with van der Waals surface area (Å²) in [4.78, 5) is 11.5. The third-order valence-electron chi connectivity index (χ3n) is 2.94. The molecule has 0 unspecified atom stereocenters. The van der Waals surface area contributed by atoms with E-state index in [4.69, 9.17) is 17.0 Å². The van der Waals surface area contributed by atoms with Gasteiger partial charge in [-0.05, 0) is 55.5 Å². The first-order chi connectivity index (χ1) is 11.4. The van der Waals surface area contributed by atoms with Crippen molar-refractivity contribution in [2.75, 3.05) is 17.2 Å². The summed E-state index contributed by atoms with van der Waals surface area (Å²) < 4.78 is 44.4. The lowest BCUT2D eigenvalue weighted by Crippen LogP contribution is -2.20. The standard InChI is InChI=1S/C16H13F3N2O2S/c1-2-23-15(22)9-3-5-10(6-4-9)20-16(24)21-12-8-7-11(17)13(18)14(12)19/h3-8H,2H2,1H3,(H2,20,21,24). The van der Waals surface area contributed by atoms with Crippen LogP contribution in [0.3, 0.4) is 0 Å². The minimum atomic E-state index is -1.58. The van der Waals surface area contributed by atoms with Crippen molar-refractivity contribution in [1.29, 1.82) is 0 Å². The fourth-order valence-corrected chi connectivity index (χ4v) is 2.04. The molecule has 2 N–H and O–H groups in total. The van der Waals surface area contributed by atoms with Crippen LogP contribution in [0.15, 0.2) is 36.4 Å². The smallest absolute Gasteiger partial charge is 0.338 e. The molecule has 0 aliphatic rings. The van der Waals surface area contributed by atoms with Gasteiger partial charge in [0, 0.05) is 5.69 Å². The minimum absolute atomic E-state index is 0.0243. The van der Waals surface area contributed by atoms with Crippen molar-refractivity contribution in [3.63, 3.8) is 0 Å². The van der Waals surface area contributed by atoms with E-state index in [2.05, 4.69) is 10.6 Å². The highest BCUT2D eigenvalue weighted by Gasteiger charge is 2.14. The van der Waals surface area contributed by atoms with Gasteiger partial charge in [-0.3, -0.25) is 0 Å². The number of thiocarbonyl (C=S) groups is 1. The molecule has 0 aliphatic carbocycles. The van der Waals surface area contributed by atoms with E-state index in [9.17, 15) is 18.0 Å². The second-order valence-electron chi connectivity index (χ2n) is 4.60. The van der Waals surface area contributed by atoms with Crippen LogP contribution in [-0.2, 0) is 4.74 Å². The Balaban J connectivity index is 2.02. The van der Waals surface area contributed by atoms with Gasteiger partial charge in [0.1, 0.15) is 0 Å². The molecule has 0 saturated heterocycles. The zero-order chi connectivity index (χ0) is 17.7. The van der Waals surface area contributed by atoms with Crippen LogP contribution in [0.4, 0.5) is 24.5 Å². The Morgan fingerprint density at radius 3 is 2.33 bits per heavy atom. The van der Waals surface area contributed by atoms with Gasteiger partial charge in [0.2, 0.25) is 0 Å². The number of carbonyl (C=O) groups is 1. The lowest BCUT2D eigenvalue weighted by molar-refractivity contribution is 0.0526. The first-order valence-corrected chi connectivity index (χ1v) is 7.32. The van der Waals surface area contributed by atoms with Crippen LogP contribution in [0.5, 0.6) is 0 Å². The molecule has 126 valence electrons. The predicted molar refractivity (Wildman–Crippen MR) is 88.6 cm³/mol. The molecule has 24 heavy (non-hydrogen) atoms. The van der Waals surface area contributed by atoms with Crippen molar-refractivity contribution in [2.24, 2.45) is 0 Å². The fourth-order valence-electron chi connectivity index (χ4n) is 1.81. The van der Waals surface area contributed by atoms with Crippen molar-refractivity contribution in [1.82, 2.24) is 0 Å². The molecular formula is C16H13F3N2O2S. The zero-order valence-electron chi connectivity index (χ0n) is 12.5.